The van der Waals surface area contributed by atoms with Crippen molar-refractivity contribution in [1.82, 2.24) is 0 Å². The van der Waals surface area contributed by atoms with E-state index >= 15 is 0 Å². The Bertz CT molecular complexity index is 1530. The van der Waals surface area contributed by atoms with Gasteiger partial charge in [-0.25, -0.2) is 0 Å². The Morgan fingerprint density at radius 3 is 1.03 bits per heavy atom. The first-order chi connectivity index (χ1) is 33.0. The zero-order valence-electron chi connectivity index (χ0n) is 42.6. The van der Waals surface area contributed by atoms with Crippen LogP contribution in [-0.4, -0.2) is 37.2 Å². The monoisotopic (exact) mass is 923 g/mol. The van der Waals surface area contributed by atoms with Crippen molar-refractivity contribution >= 4 is 17.9 Å². The van der Waals surface area contributed by atoms with Gasteiger partial charge >= 0.3 is 17.9 Å². The first kappa shape index (κ1) is 62.3. The lowest BCUT2D eigenvalue weighted by Gasteiger charge is -2.18. The molecule has 0 aliphatic carbocycles. The highest BCUT2D eigenvalue weighted by Gasteiger charge is 2.19. The molecule has 0 saturated carbocycles. The lowest BCUT2D eigenvalue weighted by Crippen LogP contribution is -2.30. The number of allylic oxidation sites excluding steroid dienone is 23. The van der Waals surface area contributed by atoms with Gasteiger partial charge in [-0.15, -0.1) is 0 Å². The molecule has 0 aliphatic rings. The Labute approximate surface area is 410 Å². The van der Waals surface area contributed by atoms with Crippen LogP contribution in [0.25, 0.3) is 0 Å². The summed E-state index contributed by atoms with van der Waals surface area (Å²) >= 11 is 0. The van der Waals surface area contributed by atoms with Gasteiger partial charge in [-0.05, 0) is 122 Å². The van der Waals surface area contributed by atoms with Gasteiger partial charge in [0.15, 0.2) is 6.10 Å². The first-order valence-corrected chi connectivity index (χ1v) is 26.3. The number of carbonyl (C=O) groups is 3. The second kappa shape index (κ2) is 53.9. The van der Waals surface area contributed by atoms with E-state index in [9.17, 15) is 14.4 Å². The van der Waals surface area contributed by atoms with Gasteiger partial charge in [0.2, 0.25) is 0 Å². The molecule has 0 aromatic carbocycles. The predicted octanol–water partition coefficient (Wildman–Crippen LogP) is 17.6. The van der Waals surface area contributed by atoms with Gasteiger partial charge in [-0.2, -0.15) is 0 Å². The standard InChI is InChI=1S/C61H94O6/c1-4-7-10-13-16-19-22-25-27-28-29-30-31-32-34-36-39-42-45-48-51-54-60(63)66-57-58(56-65-59(62)53-50-47-44-41-38-35-24-21-18-15-12-9-6-3)67-61(64)55-52-49-46-43-40-37-33-26-23-20-17-14-11-8-5-2/h7-8,10-11,16-17,19-21,24-27,29-30,32-34,39-40,42-43,49,52,58H,4-6,9,12-15,18,22-23,28,31,35-38,41,44-48,50-51,53-57H2,1-3H3/b10-7-,11-8-,19-16-,20-17-,24-21-,27-25-,30-29-,33-26-,34-32-,42-39-,43-40-,52-49-. The van der Waals surface area contributed by atoms with E-state index in [1.54, 1.807) is 6.08 Å². The largest absolute Gasteiger partial charge is 0.462 e. The number of rotatable bonds is 45. The van der Waals surface area contributed by atoms with Gasteiger partial charge in [-0.3, -0.25) is 14.4 Å². The molecule has 0 rings (SSSR count). The Balaban J connectivity index is 4.60. The molecule has 0 aromatic rings. The Morgan fingerprint density at radius 1 is 0.328 bits per heavy atom. The van der Waals surface area contributed by atoms with Crippen molar-refractivity contribution in [2.45, 2.75) is 207 Å². The third kappa shape index (κ3) is 52.1. The summed E-state index contributed by atoms with van der Waals surface area (Å²) in [7, 11) is 0. The predicted molar refractivity (Wildman–Crippen MR) is 288 cm³/mol. The number of hydrogen-bond donors (Lipinski definition) is 0. The van der Waals surface area contributed by atoms with Crippen LogP contribution < -0.4 is 0 Å². The number of esters is 3. The van der Waals surface area contributed by atoms with Crippen molar-refractivity contribution in [3.05, 3.63) is 146 Å². The van der Waals surface area contributed by atoms with Gasteiger partial charge in [0.25, 0.3) is 0 Å². The molecule has 0 heterocycles. The molecule has 0 amide bonds. The maximum Gasteiger partial charge on any atom is 0.310 e. The van der Waals surface area contributed by atoms with Crippen molar-refractivity contribution in [2.24, 2.45) is 0 Å². The van der Waals surface area contributed by atoms with E-state index in [1.165, 1.54) is 38.5 Å². The molecule has 0 fully saturated rings. The summed E-state index contributed by atoms with van der Waals surface area (Å²) in [5, 5.41) is 0. The first-order valence-electron chi connectivity index (χ1n) is 26.3. The van der Waals surface area contributed by atoms with Gasteiger partial charge in [0.05, 0.1) is 6.42 Å². The molecule has 0 N–H and O–H groups in total. The van der Waals surface area contributed by atoms with Crippen LogP contribution in [-0.2, 0) is 28.6 Å². The number of unbranched alkanes of at least 4 members (excludes halogenated alkanes) is 11. The topological polar surface area (TPSA) is 78.9 Å². The highest BCUT2D eigenvalue weighted by molar-refractivity contribution is 5.72. The van der Waals surface area contributed by atoms with E-state index in [1.807, 2.05) is 6.08 Å². The maximum atomic E-state index is 12.7. The molecule has 0 aliphatic heterocycles. The third-order valence-corrected chi connectivity index (χ3v) is 10.3. The highest BCUT2D eigenvalue weighted by atomic mass is 16.6. The minimum absolute atomic E-state index is 0.0786. The minimum atomic E-state index is -0.860. The van der Waals surface area contributed by atoms with Gasteiger partial charge in [-0.1, -0.05) is 205 Å². The van der Waals surface area contributed by atoms with E-state index in [4.69, 9.17) is 14.2 Å². The fourth-order valence-corrected chi connectivity index (χ4v) is 6.45. The molecular weight excluding hydrogens is 829 g/mol. The summed E-state index contributed by atoms with van der Waals surface area (Å²) in [6.07, 6.45) is 77.1. The Hall–Kier alpha value is -4.71. The van der Waals surface area contributed by atoms with Gasteiger partial charge < -0.3 is 14.2 Å². The van der Waals surface area contributed by atoms with Crippen LogP contribution >= 0.6 is 0 Å². The second-order valence-electron chi connectivity index (χ2n) is 16.7. The number of hydrogen-bond acceptors (Lipinski definition) is 6. The molecule has 6 nitrogen and oxygen atoms in total. The molecule has 0 bridgehead atoms. The zero-order chi connectivity index (χ0) is 48.6. The molecule has 374 valence electrons. The third-order valence-electron chi connectivity index (χ3n) is 10.3. The molecule has 0 spiro atoms. The van der Waals surface area contributed by atoms with Crippen LogP contribution in [0.3, 0.4) is 0 Å². The van der Waals surface area contributed by atoms with E-state index in [2.05, 4.69) is 154 Å². The lowest BCUT2D eigenvalue weighted by molar-refractivity contribution is -0.166. The maximum absolute atomic E-state index is 12.7. The second-order valence-corrected chi connectivity index (χ2v) is 16.7. The zero-order valence-corrected chi connectivity index (χ0v) is 42.6. The molecule has 0 aromatic heterocycles. The molecule has 67 heavy (non-hydrogen) atoms. The summed E-state index contributed by atoms with van der Waals surface area (Å²) in [6.45, 7) is 6.24. The fourth-order valence-electron chi connectivity index (χ4n) is 6.45. The van der Waals surface area contributed by atoms with Gasteiger partial charge in [0.1, 0.15) is 13.2 Å². The van der Waals surface area contributed by atoms with Crippen LogP contribution in [0.2, 0.25) is 0 Å². The smallest absolute Gasteiger partial charge is 0.310 e. The van der Waals surface area contributed by atoms with Crippen LogP contribution in [0.1, 0.15) is 201 Å². The van der Waals surface area contributed by atoms with E-state index < -0.39 is 12.1 Å². The molecule has 1 unspecified atom stereocenters. The summed E-state index contributed by atoms with van der Waals surface area (Å²) in [5.41, 5.74) is 0. The number of carbonyl (C=O) groups excluding carboxylic acids is 3. The lowest BCUT2D eigenvalue weighted by atomic mass is 10.1. The van der Waals surface area contributed by atoms with Crippen LogP contribution in [0.5, 0.6) is 0 Å². The fraction of sp³-hybridized carbons (Fsp3) is 0.557. The molecular formula is C61H94O6. The summed E-state index contributed by atoms with van der Waals surface area (Å²) < 4.78 is 16.6. The number of ether oxygens (including phenoxy) is 3. The minimum Gasteiger partial charge on any atom is -0.462 e. The molecule has 6 heteroatoms. The van der Waals surface area contributed by atoms with E-state index in [0.29, 0.717) is 19.3 Å². The van der Waals surface area contributed by atoms with Crippen LogP contribution in [0, 0.1) is 0 Å². The summed E-state index contributed by atoms with van der Waals surface area (Å²) in [5.74, 6) is -1.14. The van der Waals surface area contributed by atoms with E-state index in [0.717, 1.165) is 109 Å². The van der Waals surface area contributed by atoms with Crippen molar-refractivity contribution < 1.29 is 28.6 Å². The summed E-state index contributed by atoms with van der Waals surface area (Å²) in [6, 6.07) is 0. The van der Waals surface area contributed by atoms with Gasteiger partial charge in [0, 0.05) is 12.8 Å². The SMILES string of the molecule is CC/C=C\C/C=C\C/C=C\C/C=C\C/C=C\C/C=C\CCCCC(=O)OCC(COC(=O)CCCCCCC/C=C\CCCCCC)OC(=O)C/C=C\C/C=C\C/C=C\C/C=C\C/C=C\CC. The quantitative estimate of drug-likeness (QED) is 0.0262. The van der Waals surface area contributed by atoms with Crippen molar-refractivity contribution in [2.75, 3.05) is 13.2 Å². The van der Waals surface area contributed by atoms with Crippen molar-refractivity contribution in [3.63, 3.8) is 0 Å². The average Bonchev–Trinajstić information content (AvgIpc) is 3.33. The van der Waals surface area contributed by atoms with Crippen LogP contribution in [0.4, 0.5) is 0 Å². The molecule has 0 saturated heterocycles. The Morgan fingerprint density at radius 2 is 0.627 bits per heavy atom. The van der Waals surface area contributed by atoms with Crippen LogP contribution in [0.15, 0.2) is 146 Å². The highest BCUT2D eigenvalue weighted by Crippen LogP contribution is 2.11. The molecule has 1 atom stereocenters. The molecule has 0 radical (unpaired) electrons. The normalized spacial score (nSPS) is 13.3. The van der Waals surface area contributed by atoms with Crippen molar-refractivity contribution in [3.8, 4) is 0 Å². The van der Waals surface area contributed by atoms with E-state index in [-0.39, 0.29) is 38.0 Å². The van der Waals surface area contributed by atoms with Crippen molar-refractivity contribution in [1.29, 1.82) is 0 Å². The Kier molecular flexibility index (Phi) is 50.1. The summed E-state index contributed by atoms with van der Waals surface area (Å²) in [4.78, 5) is 37.9. The average molecular weight is 923 g/mol.